The Bertz CT molecular complexity index is 425. The van der Waals surface area contributed by atoms with Crippen molar-refractivity contribution in [2.24, 2.45) is 5.92 Å². The molecule has 0 atom stereocenters. The summed E-state index contributed by atoms with van der Waals surface area (Å²) in [5, 5.41) is 8.64. The van der Waals surface area contributed by atoms with E-state index in [0.29, 0.717) is 12.3 Å². The predicted molar refractivity (Wildman–Crippen MR) is 55.4 cm³/mol. The molecule has 0 saturated heterocycles. The van der Waals surface area contributed by atoms with Crippen molar-refractivity contribution in [2.75, 3.05) is 0 Å². The average molecular weight is 181 g/mol. The second-order valence-electron chi connectivity index (χ2n) is 3.54. The molecule has 2 rings (SSSR count). The van der Waals surface area contributed by atoms with E-state index in [9.17, 15) is 0 Å². The van der Waals surface area contributed by atoms with Gasteiger partial charge in [-0.2, -0.15) is 5.26 Å². The van der Waals surface area contributed by atoms with Gasteiger partial charge in [-0.15, -0.1) is 0 Å². The van der Waals surface area contributed by atoms with E-state index in [1.807, 2.05) is 24.3 Å². The molecule has 0 aliphatic heterocycles. The molecule has 1 aromatic rings. The van der Waals surface area contributed by atoms with Crippen LogP contribution in [0.4, 0.5) is 0 Å². The zero-order valence-corrected chi connectivity index (χ0v) is 7.96. The molecular formula is C13H11N. The van der Waals surface area contributed by atoms with Gasteiger partial charge in [-0.1, -0.05) is 30.0 Å². The Morgan fingerprint density at radius 2 is 2.07 bits per heavy atom. The third-order valence-electron chi connectivity index (χ3n) is 2.28. The van der Waals surface area contributed by atoms with Crippen LogP contribution in [-0.2, 0) is 6.42 Å². The second kappa shape index (κ2) is 3.99. The SMILES string of the molecule is N#CCc1ccccc1C#CC1CC1. The summed E-state index contributed by atoms with van der Waals surface area (Å²) < 4.78 is 0. The van der Waals surface area contributed by atoms with Crippen molar-refractivity contribution in [3.05, 3.63) is 35.4 Å². The summed E-state index contributed by atoms with van der Waals surface area (Å²) in [5.41, 5.74) is 2.06. The molecular weight excluding hydrogens is 170 g/mol. The molecule has 0 bridgehead atoms. The number of rotatable bonds is 1. The topological polar surface area (TPSA) is 23.8 Å². The van der Waals surface area contributed by atoms with E-state index in [1.165, 1.54) is 12.8 Å². The predicted octanol–water partition coefficient (Wildman–Crippen LogP) is 2.51. The van der Waals surface area contributed by atoms with Crippen LogP contribution >= 0.6 is 0 Å². The minimum Gasteiger partial charge on any atom is -0.198 e. The molecule has 1 heteroatoms. The summed E-state index contributed by atoms with van der Waals surface area (Å²) in [5.74, 6) is 6.99. The third kappa shape index (κ3) is 2.15. The van der Waals surface area contributed by atoms with Gasteiger partial charge in [-0.3, -0.25) is 0 Å². The molecule has 0 N–H and O–H groups in total. The Kier molecular flexibility index (Phi) is 2.52. The number of nitrogens with zero attached hydrogens (tertiary/aromatic N) is 1. The number of benzene rings is 1. The minimum atomic E-state index is 0.454. The summed E-state index contributed by atoms with van der Waals surface area (Å²) in [4.78, 5) is 0. The molecule has 1 nitrogen and oxygen atoms in total. The van der Waals surface area contributed by atoms with Crippen LogP contribution < -0.4 is 0 Å². The summed E-state index contributed by atoms with van der Waals surface area (Å²) in [7, 11) is 0. The van der Waals surface area contributed by atoms with Crippen molar-refractivity contribution in [3.8, 4) is 17.9 Å². The molecule has 1 saturated carbocycles. The van der Waals surface area contributed by atoms with Crippen LogP contribution in [0, 0.1) is 29.1 Å². The lowest BCUT2D eigenvalue weighted by Gasteiger charge is -1.97. The molecule has 14 heavy (non-hydrogen) atoms. The average Bonchev–Trinajstić information content (AvgIpc) is 3.01. The van der Waals surface area contributed by atoms with Crippen LogP contribution in [0.15, 0.2) is 24.3 Å². The first-order valence-corrected chi connectivity index (χ1v) is 4.86. The Labute approximate surface area is 84.4 Å². The van der Waals surface area contributed by atoms with E-state index in [-0.39, 0.29) is 0 Å². The summed E-state index contributed by atoms with van der Waals surface area (Å²) in [6.45, 7) is 0. The van der Waals surface area contributed by atoms with Crippen molar-refractivity contribution in [3.63, 3.8) is 0 Å². The lowest BCUT2D eigenvalue weighted by molar-refractivity contribution is 1.18. The fourth-order valence-electron chi connectivity index (χ4n) is 1.29. The van der Waals surface area contributed by atoms with Gasteiger partial charge >= 0.3 is 0 Å². The van der Waals surface area contributed by atoms with Gasteiger partial charge < -0.3 is 0 Å². The fraction of sp³-hybridized carbons (Fsp3) is 0.308. The van der Waals surface area contributed by atoms with E-state index in [0.717, 1.165) is 11.1 Å². The van der Waals surface area contributed by atoms with E-state index in [1.54, 1.807) is 0 Å². The molecule has 1 aliphatic rings. The minimum absolute atomic E-state index is 0.454. The maximum absolute atomic E-state index is 8.64. The van der Waals surface area contributed by atoms with Gasteiger partial charge in [-0.05, 0) is 24.5 Å². The van der Waals surface area contributed by atoms with Gasteiger partial charge in [0.1, 0.15) is 0 Å². The molecule has 0 unspecified atom stereocenters. The van der Waals surface area contributed by atoms with E-state index in [2.05, 4.69) is 17.9 Å². The van der Waals surface area contributed by atoms with E-state index >= 15 is 0 Å². The quantitative estimate of drug-likeness (QED) is 0.611. The standard InChI is InChI=1S/C13H11N/c14-10-9-13-4-2-1-3-12(13)8-7-11-5-6-11/h1-4,11H,5-6,9H2. The summed E-state index contributed by atoms with van der Waals surface area (Å²) in [6, 6.07) is 10.0. The van der Waals surface area contributed by atoms with E-state index in [4.69, 9.17) is 5.26 Å². The molecule has 0 heterocycles. The van der Waals surface area contributed by atoms with Gasteiger partial charge in [-0.25, -0.2) is 0 Å². The molecule has 0 spiro atoms. The summed E-state index contributed by atoms with van der Waals surface area (Å²) >= 11 is 0. The van der Waals surface area contributed by atoms with Crippen molar-refractivity contribution >= 4 is 0 Å². The van der Waals surface area contributed by atoms with Crippen molar-refractivity contribution < 1.29 is 0 Å². The highest BCUT2D eigenvalue weighted by Crippen LogP contribution is 2.27. The van der Waals surface area contributed by atoms with Gasteiger partial charge in [0.2, 0.25) is 0 Å². The zero-order chi connectivity index (χ0) is 9.80. The molecule has 1 aromatic carbocycles. The van der Waals surface area contributed by atoms with Crippen LogP contribution in [0.25, 0.3) is 0 Å². The second-order valence-corrected chi connectivity index (χ2v) is 3.54. The van der Waals surface area contributed by atoms with Crippen molar-refractivity contribution in [2.45, 2.75) is 19.3 Å². The molecule has 68 valence electrons. The van der Waals surface area contributed by atoms with Crippen molar-refractivity contribution in [1.82, 2.24) is 0 Å². The first kappa shape index (κ1) is 8.85. The number of hydrogen-bond donors (Lipinski definition) is 0. The van der Waals surface area contributed by atoms with Crippen LogP contribution in [0.3, 0.4) is 0 Å². The van der Waals surface area contributed by atoms with Gasteiger partial charge in [0, 0.05) is 11.5 Å². The Morgan fingerprint density at radius 3 is 2.79 bits per heavy atom. The molecule has 1 fully saturated rings. The smallest absolute Gasteiger partial charge is 0.0670 e. The zero-order valence-electron chi connectivity index (χ0n) is 7.96. The highest BCUT2D eigenvalue weighted by Gasteiger charge is 2.17. The lowest BCUT2D eigenvalue weighted by Crippen LogP contribution is -1.87. The molecule has 0 radical (unpaired) electrons. The summed E-state index contributed by atoms with van der Waals surface area (Å²) in [6.07, 6.45) is 2.94. The largest absolute Gasteiger partial charge is 0.198 e. The monoisotopic (exact) mass is 181 g/mol. The molecule has 1 aliphatic carbocycles. The third-order valence-corrected chi connectivity index (χ3v) is 2.28. The van der Waals surface area contributed by atoms with Gasteiger partial charge in [0.05, 0.1) is 12.5 Å². The normalized spacial score (nSPS) is 13.9. The number of nitriles is 1. The maximum atomic E-state index is 8.64. The Hall–Kier alpha value is -1.73. The molecule has 0 aromatic heterocycles. The van der Waals surface area contributed by atoms with Gasteiger partial charge in [0.15, 0.2) is 0 Å². The molecule has 0 amide bonds. The first-order chi connectivity index (χ1) is 6.90. The van der Waals surface area contributed by atoms with Crippen LogP contribution in [0.1, 0.15) is 24.0 Å². The van der Waals surface area contributed by atoms with Crippen LogP contribution in [0.5, 0.6) is 0 Å². The van der Waals surface area contributed by atoms with Crippen LogP contribution in [-0.4, -0.2) is 0 Å². The highest BCUT2D eigenvalue weighted by molar-refractivity contribution is 5.43. The lowest BCUT2D eigenvalue weighted by atomic mass is 10.1. The van der Waals surface area contributed by atoms with Gasteiger partial charge in [0.25, 0.3) is 0 Å². The highest BCUT2D eigenvalue weighted by atomic mass is 14.2. The van der Waals surface area contributed by atoms with Crippen LogP contribution in [0.2, 0.25) is 0 Å². The number of hydrogen-bond acceptors (Lipinski definition) is 1. The van der Waals surface area contributed by atoms with E-state index < -0.39 is 0 Å². The van der Waals surface area contributed by atoms with Crippen molar-refractivity contribution in [1.29, 1.82) is 5.26 Å². The Balaban J connectivity index is 2.23. The fourth-order valence-corrected chi connectivity index (χ4v) is 1.29. The first-order valence-electron chi connectivity index (χ1n) is 4.86. The Morgan fingerprint density at radius 1 is 1.29 bits per heavy atom. The maximum Gasteiger partial charge on any atom is 0.0670 e.